The van der Waals surface area contributed by atoms with E-state index in [0.717, 1.165) is 18.7 Å². The van der Waals surface area contributed by atoms with Crippen molar-refractivity contribution in [2.75, 3.05) is 0 Å². The molecule has 2 nitrogen and oxygen atoms in total. The fourth-order valence-corrected chi connectivity index (χ4v) is 2.67. The van der Waals surface area contributed by atoms with Crippen molar-refractivity contribution in [2.24, 2.45) is 0 Å². The molecule has 2 aromatic heterocycles. The molecule has 1 unspecified atom stereocenters. The second kappa shape index (κ2) is 5.94. The SMILES string of the molecule is CCC(NCc1ccc(C)nc1)c1cccs1. The van der Waals surface area contributed by atoms with Crippen molar-refractivity contribution < 1.29 is 0 Å². The molecule has 2 aromatic rings. The predicted molar refractivity (Wildman–Crippen MR) is 73.2 cm³/mol. The quantitative estimate of drug-likeness (QED) is 0.870. The zero-order valence-corrected chi connectivity index (χ0v) is 11.1. The lowest BCUT2D eigenvalue weighted by Crippen LogP contribution is -2.19. The van der Waals surface area contributed by atoms with E-state index in [2.05, 4.69) is 46.9 Å². The zero-order valence-electron chi connectivity index (χ0n) is 10.3. The maximum Gasteiger partial charge on any atom is 0.0414 e. The van der Waals surface area contributed by atoms with Crippen molar-refractivity contribution in [3.63, 3.8) is 0 Å². The molecule has 0 saturated heterocycles. The molecular weight excluding hydrogens is 228 g/mol. The highest BCUT2D eigenvalue weighted by Gasteiger charge is 2.09. The van der Waals surface area contributed by atoms with E-state index < -0.39 is 0 Å². The molecule has 1 N–H and O–H groups in total. The van der Waals surface area contributed by atoms with Gasteiger partial charge in [-0.2, -0.15) is 0 Å². The third-order valence-electron chi connectivity index (χ3n) is 2.82. The Bertz CT molecular complexity index is 434. The lowest BCUT2D eigenvalue weighted by atomic mass is 10.1. The molecule has 1 atom stereocenters. The Morgan fingerprint density at radius 3 is 2.82 bits per heavy atom. The number of pyridine rings is 1. The molecule has 0 aliphatic heterocycles. The van der Waals surface area contributed by atoms with Gasteiger partial charge in [-0.3, -0.25) is 4.98 Å². The Morgan fingerprint density at radius 1 is 1.35 bits per heavy atom. The highest BCUT2D eigenvalue weighted by atomic mass is 32.1. The van der Waals surface area contributed by atoms with Gasteiger partial charge >= 0.3 is 0 Å². The van der Waals surface area contributed by atoms with Crippen LogP contribution in [0.25, 0.3) is 0 Å². The van der Waals surface area contributed by atoms with Crippen LogP contribution in [0.4, 0.5) is 0 Å². The van der Waals surface area contributed by atoms with Gasteiger partial charge < -0.3 is 5.32 Å². The van der Waals surface area contributed by atoms with Crippen molar-refractivity contribution in [2.45, 2.75) is 32.9 Å². The summed E-state index contributed by atoms with van der Waals surface area (Å²) in [4.78, 5) is 5.72. The number of aromatic nitrogens is 1. The normalized spacial score (nSPS) is 12.6. The molecule has 2 rings (SSSR count). The number of rotatable bonds is 5. The molecule has 0 radical (unpaired) electrons. The van der Waals surface area contributed by atoms with E-state index >= 15 is 0 Å². The third-order valence-corrected chi connectivity index (χ3v) is 3.81. The number of hydrogen-bond donors (Lipinski definition) is 1. The minimum Gasteiger partial charge on any atom is -0.305 e. The first-order chi connectivity index (χ1) is 8.29. The van der Waals surface area contributed by atoms with E-state index in [0.29, 0.717) is 6.04 Å². The molecule has 0 bridgehead atoms. The molecule has 0 aliphatic rings. The van der Waals surface area contributed by atoms with Crippen molar-refractivity contribution in [3.05, 3.63) is 52.0 Å². The van der Waals surface area contributed by atoms with Crippen molar-refractivity contribution in [1.82, 2.24) is 10.3 Å². The van der Waals surface area contributed by atoms with Gasteiger partial charge in [0, 0.05) is 29.4 Å². The standard InChI is InChI=1S/C14H18N2S/c1-3-13(14-5-4-8-17-14)16-10-12-7-6-11(2)15-9-12/h4-9,13,16H,3,10H2,1-2H3. The van der Waals surface area contributed by atoms with E-state index in [-0.39, 0.29) is 0 Å². The number of nitrogens with zero attached hydrogens (tertiary/aromatic N) is 1. The highest BCUT2D eigenvalue weighted by molar-refractivity contribution is 7.10. The van der Waals surface area contributed by atoms with Crippen LogP contribution < -0.4 is 5.32 Å². The number of hydrogen-bond acceptors (Lipinski definition) is 3. The molecule has 3 heteroatoms. The number of nitrogens with one attached hydrogen (secondary N) is 1. The Kier molecular flexibility index (Phi) is 4.29. The highest BCUT2D eigenvalue weighted by Crippen LogP contribution is 2.21. The Hall–Kier alpha value is -1.19. The maximum atomic E-state index is 4.31. The van der Waals surface area contributed by atoms with E-state index in [1.165, 1.54) is 10.4 Å². The van der Waals surface area contributed by atoms with Gasteiger partial charge in [0.15, 0.2) is 0 Å². The van der Waals surface area contributed by atoms with Gasteiger partial charge in [0.05, 0.1) is 0 Å². The predicted octanol–water partition coefficient (Wildman–Crippen LogP) is 3.69. The van der Waals surface area contributed by atoms with Gasteiger partial charge in [-0.15, -0.1) is 11.3 Å². The first-order valence-corrected chi connectivity index (χ1v) is 6.86. The molecule has 0 spiro atoms. The summed E-state index contributed by atoms with van der Waals surface area (Å²) < 4.78 is 0. The smallest absolute Gasteiger partial charge is 0.0414 e. The Balaban J connectivity index is 1.94. The van der Waals surface area contributed by atoms with Gasteiger partial charge in [0.2, 0.25) is 0 Å². The summed E-state index contributed by atoms with van der Waals surface area (Å²) in [5, 5.41) is 5.71. The van der Waals surface area contributed by atoms with Crippen LogP contribution in [0, 0.1) is 6.92 Å². The first-order valence-electron chi connectivity index (χ1n) is 5.98. The van der Waals surface area contributed by atoms with Gasteiger partial charge in [-0.25, -0.2) is 0 Å². The average Bonchev–Trinajstić information content (AvgIpc) is 2.86. The Labute approximate surface area is 107 Å². The molecule has 0 aliphatic carbocycles. The first kappa shape index (κ1) is 12.3. The van der Waals surface area contributed by atoms with Gasteiger partial charge in [0.25, 0.3) is 0 Å². The van der Waals surface area contributed by atoms with E-state index in [1.807, 2.05) is 24.5 Å². The summed E-state index contributed by atoms with van der Waals surface area (Å²) in [6.07, 6.45) is 3.06. The molecule has 0 saturated carbocycles. The summed E-state index contributed by atoms with van der Waals surface area (Å²) in [5.74, 6) is 0. The summed E-state index contributed by atoms with van der Waals surface area (Å²) in [6.45, 7) is 5.10. The van der Waals surface area contributed by atoms with E-state index in [4.69, 9.17) is 0 Å². The second-order valence-electron chi connectivity index (χ2n) is 4.16. The molecule has 2 heterocycles. The number of thiophene rings is 1. The molecule has 0 fully saturated rings. The van der Waals surface area contributed by atoms with Crippen molar-refractivity contribution in [1.29, 1.82) is 0 Å². The molecule has 90 valence electrons. The fourth-order valence-electron chi connectivity index (χ4n) is 1.78. The summed E-state index contributed by atoms with van der Waals surface area (Å²) >= 11 is 1.82. The van der Waals surface area contributed by atoms with Gasteiger partial charge in [-0.1, -0.05) is 19.1 Å². The summed E-state index contributed by atoms with van der Waals surface area (Å²) in [7, 11) is 0. The van der Waals surface area contributed by atoms with Gasteiger partial charge in [-0.05, 0) is 36.4 Å². The van der Waals surface area contributed by atoms with Crippen LogP contribution in [0.1, 0.15) is 35.5 Å². The van der Waals surface area contributed by atoms with E-state index in [9.17, 15) is 0 Å². The van der Waals surface area contributed by atoms with Crippen molar-refractivity contribution >= 4 is 11.3 Å². The minimum absolute atomic E-state index is 0.455. The second-order valence-corrected chi connectivity index (χ2v) is 5.14. The largest absolute Gasteiger partial charge is 0.305 e. The van der Waals surface area contributed by atoms with Crippen LogP contribution >= 0.6 is 11.3 Å². The molecular formula is C14H18N2S. The van der Waals surface area contributed by atoms with Crippen molar-refractivity contribution in [3.8, 4) is 0 Å². The third kappa shape index (κ3) is 3.38. The molecule has 17 heavy (non-hydrogen) atoms. The van der Waals surface area contributed by atoms with Crippen LogP contribution in [-0.4, -0.2) is 4.98 Å². The number of aryl methyl sites for hydroxylation is 1. The lowest BCUT2D eigenvalue weighted by molar-refractivity contribution is 0.526. The van der Waals surface area contributed by atoms with Crippen LogP contribution in [0.5, 0.6) is 0 Å². The van der Waals surface area contributed by atoms with Crippen LogP contribution in [0.3, 0.4) is 0 Å². The zero-order chi connectivity index (χ0) is 12.1. The van der Waals surface area contributed by atoms with E-state index in [1.54, 1.807) is 0 Å². The lowest BCUT2D eigenvalue weighted by Gasteiger charge is -2.15. The summed E-state index contributed by atoms with van der Waals surface area (Å²) in [6, 6.07) is 8.95. The molecule has 0 aromatic carbocycles. The van der Waals surface area contributed by atoms with Crippen LogP contribution in [0.15, 0.2) is 35.8 Å². The van der Waals surface area contributed by atoms with Crippen LogP contribution in [0.2, 0.25) is 0 Å². The maximum absolute atomic E-state index is 4.31. The monoisotopic (exact) mass is 246 g/mol. The topological polar surface area (TPSA) is 24.9 Å². The summed E-state index contributed by atoms with van der Waals surface area (Å²) in [5.41, 5.74) is 2.31. The average molecular weight is 246 g/mol. The molecule has 0 amide bonds. The van der Waals surface area contributed by atoms with Gasteiger partial charge in [0.1, 0.15) is 0 Å². The Morgan fingerprint density at radius 2 is 2.24 bits per heavy atom. The fraction of sp³-hybridized carbons (Fsp3) is 0.357. The minimum atomic E-state index is 0.455. The van der Waals surface area contributed by atoms with Crippen LogP contribution in [-0.2, 0) is 6.54 Å².